The van der Waals surface area contributed by atoms with E-state index in [1.807, 2.05) is 67.1 Å². The lowest BCUT2D eigenvalue weighted by Crippen LogP contribution is -2.48. The van der Waals surface area contributed by atoms with Crippen molar-refractivity contribution >= 4 is 26.8 Å². The Kier molecular flexibility index (Phi) is 8.52. The molecule has 0 aliphatic carbocycles. The van der Waals surface area contributed by atoms with Crippen LogP contribution < -0.4 is 0 Å². The van der Waals surface area contributed by atoms with Gasteiger partial charge in [-0.2, -0.15) is 4.31 Å². The van der Waals surface area contributed by atoms with Crippen LogP contribution in [-0.2, 0) is 28.4 Å². The number of likely N-dealkylation sites (N-methyl/N-ethyl adjacent to an activating group) is 1. The molecule has 4 aromatic rings. The molecule has 42 heavy (non-hydrogen) atoms. The van der Waals surface area contributed by atoms with Gasteiger partial charge in [0.2, 0.25) is 10.0 Å². The number of aryl methyl sites for hydroxylation is 1. The summed E-state index contributed by atoms with van der Waals surface area (Å²) >= 11 is 0. The van der Waals surface area contributed by atoms with Gasteiger partial charge in [-0.25, -0.2) is 12.8 Å². The van der Waals surface area contributed by atoms with Crippen LogP contribution in [-0.4, -0.2) is 72.1 Å². The van der Waals surface area contributed by atoms with Crippen LogP contribution in [0.1, 0.15) is 29.9 Å². The summed E-state index contributed by atoms with van der Waals surface area (Å²) < 4.78 is 50.6. The Morgan fingerprint density at radius 1 is 1.07 bits per heavy atom. The summed E-state index contributed by atoms with van der Waals surface area (Å²) in [5.74, 6) is -1.40. The van der Waals surface area contributed by atoms with Crippen molar-refractivity contribution in [3.63, 3.8) is 0 Å². The molecule has 0 saturated heterocycles. The van der Waals surface area contributed by atoms with Gasteiger partial charge in [0.15, 0.2) is 0 Å². The number of sulfonamides is 1. The molecule has 3 aromatic carbocycles. The fraction of sp³-hybridized carbons (Fsp3) is 0.344. The summed E-state index contributed by atoms with van der Waals surface area (Å²) in [7, 11) is -0.883. The van der Waals surface area contributed by atoms with Crippen molar-refractivity contribution in [1.29, 1.82) is 0 Å². The molecule has 0 bridgehead atoms. The molecule has 0 unspecified atom stereocenters. The number of rotatable bonds is 6. The van der Waals surface area contributed by atoms with Crippen LogP contribution in [0.3, 0.4) is 0 Å². The molecule has 222 valence electrons. The zero-order valence-corrected chi connectivity index (χ0v) is 25.0. The van der Waals surface area contributed by atoms with Crippen LogP contribution in [0.4, 0.5) is 4.39 Å². The van der Waals surface area contributed by atoms with Crippen molar-refractivity contribution in [3.8, 4) is 11.1 Å². The van der Waals surface area contributed by atoms with E-state index in [1.54, 1.807) is 11.8 Å². The minimum atomic E-state index is -4.15. The molecule has 2 heterocycles. The third kappa shape index (κ3) is 5.35. The van der Waals surface area contributed by atoms with Crippen LogP contribution >= 0.6 is 0 Å². The van der Waals surface area contributed by atoms with Crippen molar-refractivity contribution in [2.24, 2.45) is 13.0 Å². The van der Waals surface area contributed by atoms with Crippen molar-refractivity contribution < 1.29 is 27.4 Å². The number of carbonyl (C=O) groups excluding carboxylic acids is 1. The first kappa shape index (κ1) is 29.9. The summed E-state index contributed by atoms with van der Waals surface area (Å²) in [6.45, 7) is 3.74. The number of nitrogens with zero attached hydrogens (tertiary/aromatic N) is 3. The molecule has 0 spiro atoms. The quantitative estimate of drug-likeness (QED) is 0.351. The van der Waals surface area contributed by atoms with E-state index in [2.05, 4.69) is 0 Å². The summed E-state index contributed by atoms with van der Waals surface area (Å²) in [6, 6.07) is 20.3. The number of carbonyl (C=O) groups is 1. The lowest BCUT2D eigenvalue weighted by atomic mass is 9.96. The predicted octanol–water partition coefficient (Wildman–Crippen LogP) is 4.66. The molecule has 5 rings (SSSR count). The number of aliphatic hydroxyl groups is 1. The Bertz CT molecular complexity index is 1720. The SMILES string of the molecule is C[C@H]1CN([C@@H](C)CO)C(=O)c2c(c3ccccc3n2C)-c2ccccc2CO[C@H]1CN(C)S(=O)(=O)c1ccccc1F. The first-order chi connectivity index (χ1) is 20.1. The van der Waals surface area contributed by atoms with E-state index in [-0.39, 0.29) is 38.1 Å². The Hall–Kier alpha value is -3.57. The smallest absolute Gasteiger partial charge is 0.271 e. The van der Waals surface area contributed by atoms with Gasteiger partial charge in [0.25, 0.3) is 5.91 Å². The van der Waals surface area contributed by atoms with Crippen molar-refractivity contribution in [2.45, 2.75) is 37.5 Å². The fourth-order valence-electron chi connectivity index (χ4n) is 5.70. The van der Waals surface area contributed by atoms with E-state index < -0.39 is 32.9 Å². The van der Waals surface area contributed by atoms with Gasteiger partial charge in [0.1, 0.15) is 16.4 Å². The number of hydrogen-bond donors (Lipinski definition) is 1. The van der Waals surface area contributed by atoms with Crippen LogP contribution in [0.25, 0.3) is 22.0 Å². The van der Waals surface area contributed by atoms with Gasteiger partial charge in [0.05, 0.1) is 25.4 Å². The van der Waals surface area contributed by atoms with Gasteiger partial charge in [0, 0.05) is 49.6 Å². The number of para-hydroxylation sites is 1. The first-order valence-corrected chi connectivity index (χ1v) is 15.4. The van der Waals surface area contributed by atoms with Crippen LogP contribution in [0, 0.1) is 11.7 Å². The van der Waals surface area contributed by atoms with Gasteiger partial charge in [-0.1, -0.05) is 61.5 Å². The summed E-state index contributed by atoms with van der Waals surface area (Å²) in [5.41, 5.74) is 3.90. The highest BCUT2D eigenvalue weighted by Crippen LogP contribution is 2.38. The number of benzene rings is 3. The normalized spacial score (nSPS) is 18.9. The standard InChI is InChI=1S/C32H36FN3O5S/c1-21-17-36(22(2)19-37)32(38)31-30(25-13-7-9-15-27(25)35(31)4)24-12-6-5-11-23(24)20-41-28(21)18-34(3)42(39,40)29-16-10-8-14-26(29)33/h5-16,21-22,28,37H,17-20H2,1-4H3/t21-,22-,28-/m0/s1. The van der Waals surface area contributed by atoms with E-state index in [4.69, 9.17) is 4.74 Å². The zero-order chi connectivity index (χ0) is 30.2. The number of hydrogen-bond acceptors (Lipinski definition) is 5. The van der Waals surface area contributed by atoms with Gasteiger partial charge >= 0.3 is 0 Å². The van der Waals surface area contributed by atoms with E-state index in [1.165, 1.54) is 25.2 Å². The average molecular weight is 594 g/mol. The van der Waals surface area contributed by atoms with Crippen LogP contribution in [0.15, 0.2) is 77.7 Å². The molecule has 3 atom stereocenters. The highest BCUT2D eigenvalue weighted by Gasteiger charge is 2.35. The fourth-order valence-corrected chi connectivity index (χ4v) is 6.94. The highest BCUT2D eigenvalue weighted by atomic mass is 32.2. The summed E-state index contributed by atoms with van der Waals surface area (Å²) in [5, 5.41) is 11.1. The predicted molar refractivity (Wildman–Crippen MR) is 160 cm³/mol. The molecule has 1 aliphatic rings. The number of aromatic nitrogens is 1. The molecule has 1 aliphatic heterocycles. The number of halogens is 1. The van der Waals surface area contributed by atoms with Gasteiger partial charge in [-0.3, -0.25) is 4.79 Å². The Morgan fingerprint density at radius 2 is 1.74 bits per heavy atom. The average Bonchev–Trinajstić information content (AvgIpc) is 3.28. The maximum atomic E-state index is 14.5. The minimum absolute atomic E-state index is 0.0641. The molecule has 0 radical (unpaired) electrons. The van der Waals surface area contributed by atoms with Crippen molar-refractivity contribution in [2.75, 3.05) is 26.7 Å². The van der Waals surface area contributed by atoms with Crippen LogP contribution in [0.5, 0.6) is 0 Å². The number of aliphatic hydroxyl groups excluding tert-OH is 1. The van der Waals surface area contributed by atoms with Crippen molar-refractivity contribution in [1.82, 2.24) is 13.8 Å². The largest absolute Gasteiger partial charge is 0.394 e. The van der Waals surface area contributed by atoms with E-state index >= 15 is 0 Å². The van der Waals surface area contributed by atoms with Gasteiger partial charge in [-0.15, -0.1) is 0 Å². The zero-order valence-electron chi connectivity index (χ0n) is 24.2. The molecular formula is C32H36FN3O5S. The maximum Gasteiger partial charge on any atom is 0.271 e. The third-order valence-electron chi connectivity index (χ3n) is 8.19. The topological polar surface area (TPSA) is 92.1 Å². The molecule has 0 fully saturated rings. The lowest BCUT2D eigenvalue weighted by Gasteiger charge is -2.35. The Morgan fingerprint density at radius 3 is 2.48 bits per heavy atom. The molecule has 1 amide bonds. The summed E-state index contributed by atoms with van der Waals surface area (Å²) in [6.07, 6.45) is -0.649. The van der Waals surface area contributed by atoms with Gasteiger partial charge in [-0.05, 0) is 36.2 Å². The third-order valence-corrected chi connectivity index (χ3v) is 10.0. The van der Waals surface area contributed by atoms with Crippen molar-refractivity contribution in [3.05, 3.63) is 89.9 Å². The second-order valence-corrected chi connectivity index (χ2v) is 13.0. The van der Waals surface area contributed by atoms with E-state index in [9.17, 15) is 22.7 Å². The minimum Gasteiger partial charge on any atom is -0.394 e. The van der Waals surface area contributed by atoms with E-state index in [0.717, 1.165) is 38.0 Å². The Balaban J connectivity index is 1.61. The van der Waals surface area contributed by atoms with E-state index in [0.29, 0.717) is 5.69 Å². The molecule has 1 aromatic heterocycles. The second kappa shape index (κ2) is 12.0. The number of amides is 1. The molecule has 0 saturated carbocycles. The monoisotopic (exact) mass is 593 g/mol. The Labute approximate surface area is 246 Å². The highest BCUT2D eigenvalue weighted by molar-refractivity contribution is 7.89. The second-order valence-electron chi connectivity index (χ2n) is 11.0. The number of fused-ring (bicyclic) bond motifs is 5. The first-order valence-electron chi connectivity index (χ1n) is 14.0. The van der Waals surface area contributed by atoms with Gasteiger partial charge < -0.3 is 19.3 Å². The molecule has 8 nitrogen and oxygen atoms in total. The maximum absolute atomic E-state index is 14.5. The van der Waals surface area contributed by atoms with Crippen LogP contribution in [0.2, 0.25) is 0 Å². The molecule has 1 N–H and O–H groups in total. The number of ether oxygens (including phenoxy) is 1. The molecular weight excluding hydrogens is 557 g/mol. The summed E-state index contributed by atoms with van der Waals surface area (Å²) in [4.78, 5) is 15.7. The lowest BCUT2D eigenvalue weighted by molar-refractivity contribution is -0.0147. The molecule has 10 heteroatoms.